The summed E-state index contributed by atoms with van der Waals surface area (Å²) in [5, 5.41) is 13.7. The molecule has 0 aliphatic rings. The third-order valence-electron chi connectivity index (χ3n) is 2.57. The maximum absolute atomic E-state index is 13.7. The third kappa shape index (κ3) is 3.23. The second-order valence-electron chi connectivity index (χ2n) is 3.93. The molecule has 0 saturated carbocycles. The van der Waals surface area contributed by atoms with E-state index >= 15 is 0 Å². The number of hydrogen-bond acceptors (Lipinski definition) is 3. The Morgan fingerprint density at radius 1 is 1.21 bits per heavy atom. The van der Waals surface area contributed by atoms with Gasteiger partial charge in [0.2, 0.25) is 0 Å². The van der Waals surface area contributed by atoms with Crippen molar-refractivity contribution in [1.82, 2.24) is 0 Å². The van der Waals surface area contributed by atoms with Crippen LogP contribution in [-0.2, 0) is 11.2 Å². The van der Waals surface area contributed by atoms with Crippen molar-refractivity contribution < 1.29 is 14.3 Å². The van der Waals surface area contributed by atoms with E-state index in [-0.39, 0.29) is 17.1 Å². The van der Waals surface area contributed by atoms with Crippen molar-refractivity contribution in [2.24, 2.45) is 0 Å². The number of halogens is 2. The molecule has 98 valence electrons. The molecule has 0 radical (unpaired) electrons. The predicted molar refractivity (Wildman–Crippen MR) is 69.8 cm³/mol. The number of anilines is 2. The van der Waals surface area contributed by atoms with Crippen molar-refractivity contribution in [2.45, 2.75) is 6.42 Å². The standard InChI is InChI=1S/C14H11ClFNO2/c15-10-5-3-6-11(16)14(10)17-12-7-2-1-4-9(12)8-13(18)19/h1-7,17H,8H2,(H,18,19)/p-1. The molecule has 0 bridgehead atoms. The van der Waals surface area contributed by atoms with Crippen molar-refractivity contribution >= 4 is 28.9 Å². The number of hydrogen-bond donors (Lipinski definition) is 1. The van der Waals surface area contributed by atoms with Gasteiger partial charge in [-0.1, -0.05) is 35.9 Å². The summed E-state index contributed by atoms with van der Waals surface area (Å²) in [6.07, 6.45) is -0.255. The van der Waals surface area contributed by atoms with Gasteiger partial charge in [-0.25, -0.2) is 4.39 Å². The van der Waals surface area contributed by atoms with Gasteiger partial charge in [-0.2, -0.15) is 0 Å². The third-order valence-corrected chi connectivity index (χ3v) is 2.89. The van der Waals surface area contributed by atoms with Crippen LogP contribution in [0.4, 0.5) is 15.8 Å². The Morgan fingerprint density at radius 3 is 2.63 bits per heavy atom. The molecular formula is C14H10ClFNO2-. The minimum atomic E-state index is -1.20. The van der Waals surface area contributed by atoms with E-state index in [1.165, 1.54) is 12.1 Å². The Hall–Kier alpha value is -2.07. The lowest BCUT2D eigenvalue weighted by Crippen LogP contribution is -2.24. The molecule has 3 nitrogen and oxygen atoms in total. The molecule has 0 fully saturated rings. The van der Waals surface area contributed by atoms with E-state index in [2.05, 4.69) is 5.32 Å². The van der Waals surface area contributed by atoms with Crippen LogP contribution in [0, 0.1) is 5.82 Å². The zero-order chi connectivity index (χ0) is 13.8. The fraction of sp³-hybridized carbons (Fsp3) is 0.0714. The van der Waals surface area contributed by atoms with Crippen LogP contribution < -0.4 is 10.4 Å². The number of aliphatic carboxylic acids is 1. The molecule has 5 heteroatoms. The number of benzene rings is 2. The molecule has 2 aromatic carbocycles. The van der Waals surface area contributed by atoms with Crippen molar-refractivity contribution in [2.75, 3.05) is 5.32 Å². The molecule has 0 heterocycles. The number of carbonyl (C=O) groups excluding carboxylic acids is 1. The van der Waals surface area contributed by atoms with E-state index in [4.69, 9.17) is 11.6 Å². The summed E-state index contributed by atoms with van der Waals surface area (Å²) in [5.41, 5.74) is 1.11. The summed E-state index contributed by atoms with van der Waals surface area (Å²) in [6, 6.07) is 11.0. The number of nitrogens with one attached hydrogen (secondary N) is 1. The van der Waals surface area contributed by atoms with E-state index in [1.54, 1.807) is 30.3 Å². The second kappa shape index (κ2) is 5.71. The first-order valence-corrected chi connectivity index (χ1v) is 5.94. The Labute approximate surface area is 114 Å². The minimum absolute atomic E-state index is 0.120. The SMILES string of the molecule is O=C([O-])Cc1ccccc1Nc1c(F)cccc1Cl. The highest BCUT2D eigenvalue weighted by atomic mass is 35.5. The van der Waals surface area contributed by atoms with Gasteiger partial charge in [-0.3, -0.25) is 0 Å². The Balaban J connectivity index is 2.36. The van der Waals surface area contributed by atoms with Crippen LogP contribution in [0.5, 0.6) is 0 Å². The Bertz CT molecular complexity index is 596. The van der Waals surface area contributed by atoms with Crippen LogP contribution in [0.2, 0.25) is 5.02 Å². The van der Waals surface area contributed by atoms with E-state index in [1.807, 2.05) is 0 Å². The van der Waals surface area contributed by atoms with E-state index in [9.17, 15) is 14.3 Å². The highest BCUT2D eigenvalue weighted by Gasteiger charge is 2.09. The second-order valence-corrected chi connectivity index (χ2v) is 4.33. The molecule has 0 saturated heterocycles. The van der Waals surface area contributed by atoms with Gasteiger partial charge in [0.05, 0.1) is 10.7 Å². The normalized spacial score (nSPS) is 10.2. The van der Waals surface area contributed by atoms with Crippen molar-refractivity contribution in [1.29, 1.82) is 0 Å². The summed E-state index contributed by atoms with van der Waals surface area (Å²) >= 11 is 5.91. The summed E-state index contributed by atoms with van der Waals surface area (Å²) in [5.74, 6) is -1.70. The van der Waals surface area contributed by atoms with Gasteiger partial charge in [0.25, 0.3) is 0 Å². The fourth-order valence-corrected chi connectivity index (χ4v) is 1.91. The Morgan fingerprint density at radius 2 is 1.95 bits per heavy atom. The highest BCUT2D eigenvalue weighted by molar-refractivity contribution is 6.33. The first-order chi connectivity index (χ1) is 9.08. The van der Waals surface area contributed by atoms with Crippen LogP contribution in [0.3, 0.4) is 0 Å². The van der Waals surface area contributed by atoms with Gasteiger partial charge < -0.3 is 15.2 Å². The Kier molecular flexibility index (Phi) is 4.02. The van der Waals surface area contributed by atoms with Crippen LogP contribution in [-0.4, -0.2) is 5.97 Å². The van der Waals surface area contributed by atoms with Crippen LogP contribution in [0.25, 0.3) is 0 Å². The maximum atomic E-state index is 13.7. The predicted octanol–water partition coefficient (Wildman–Crippen LogP) is 2.52. The number of carbonyl (C=O) groups is 1. The monoisotopic (exact) mass is 278 g/mol. The van der Waals surface area contributed by atoms with Gasteiger partial charge in [-0.05, 0) is 23.8 Å². The van der Waals surface area contributed by atoms with Crippen LogP contribution in [0.15, 0.2) is 42.5 Å². The smallest absolute Gasteiger partial charge is 0.148 e. The molecule has 2 aromatic rings. The van der Waals surface area contributed by atoms with Gasteiger partial charge in [0.15, 0.2) is 0 Å². The zero-order valence-corrected chi connectivity index (χ0v) is 10.6. The lowest BCUT2D eigenvalue weighted by Gasteiger charge is -2.14. The molecule has 0 unspecified atom stereocenters. The van der Waals surface area contributed by atoms with Gasteiger partial charge in [0.1, 0.15) is 5.82 Å². The van der Waals surface area contributed by atoms with Crippen molar-refractivity contribution in [3.8, 4) is 0 Å². The molecule has 0 atom stereocenters. The summed E-state index contributed by atoms with van der Waals surface area (Å²) in [6.45, 7) is 0. The lowest BCUT2D eigenvalue weighted by molar-refractivity contribution is -0.304. The van der Waals surface area contributed by atoms with Crippen molar-refractivity contribution in [3.05, 3.63) is 58.9 Å². The first-order valence-electron chi connectivity index (χ1n) is 5.56. The van der Waals surface area contributed by atoms with Crippen LogP contribution in [0.1, 0.15) is 5.56 Å². The first kappa shape index (κ1) is 13.4. The fourth-order valence-electron chi connectivity index (χ4n) is 1.70. The summed E-state index contributed by atoms with van der Waals surface area (Å²) in [4.78, 5) is 10.7. The average Bonchev–Trinajstić information content (AvgIpc) is 2.35. The van der Waals surface area contributed by atoms with Gasteiger partial charge in [-0.15, -0.1) is 0 Å². The molecule has 2 rings (SSSR count). The highest BCUT2D eigenvalue weighted by Crippen LogP contribution is 2.29. The minimum Gasteiger partial charge on any atom is -0.550 e. The number of rotatable bonds is 4. The van der Waals surface area contributed by atoms with Gasteiger partial charge >= 0.3 is 0 Å². The largest absolute Gasteiger partial charge is 0.550 e. The number of carboxylic acids is 1. The molecule has 0 amide bonds. The topological polar surface area (TPSA) is 52.2 Å². The van der Waals surface area contributed by atoms with Crippen molar-refractivity contribution in [3.63, 3.8) is 0 Å². The number of para-hydroxylation sites is 2. The average molecular weight is 279 g/mol. The molecule has 0 aliphatic heterocycles. The molecular weight excluding hydrogens is 269 g/mol. The molecule has 1 N–H and O–H groups in total. The van der Waals surface area contributed by atoms with Gasteiger partial charge in [0, 0.05) is 18.1 Å². The quantitative estimate of drug-likeness (QED) is 0.935. The van der Waals surface area contributed by atoms with E-state index in [0.29, 0.717) is 11.3 Å². The number of carboxylic acid groups (broad SMARTS) is 1. The molecule has 19 heavy (non-hydrogen) atoms. The molecule has 0 aromatic heterocycles. The zero-order valence-electron chi connectivity index (χ0n) is 9.82. The summed E-state index contributed by atoms with van der Waals surface area (Å²) in [7, 11) is 0. The van der Waals surface area contributed by atoms with E-state index in [0.717, 1.165) is 0 Å². The molecule has 0 aliphatic carbocycles. The maximum Gasteiger partial charge on any atom is 0.148 e. The molecule has 0 spiro atoms. The summed E-state index contributed by atoms with van der Waals surface area (Å²) < 4.78 is 13.7. The van der Waals surface area contributed by atoms with Crippen LogP contribution >= 0.6 is 11.6 Å². The lowest BCUT2D eigenvalue weighted by atomic mass is 10.1. The van der Waals surface area contributed by atoms with E-state index < -0.39 is 11.8 Å².